The van der Waals surface area contributed by atoms with Crippen LogP contribution in [0.25, 0.3) is 0 Å². The second kappa shape index (κ2) is 11.5. The Morgan fingerprint density at radius 2 is 1.50 bits per heavy atom. The van der Waals surface area contributed by atoms with E-state index in [4.69, 9.17) is 4.74 Å². The first-order chi connectivity index (χ1) is 20.4. The van der Waals surface area contributed by atoms with Crippen LogP contribution < -0.4 is 4.90 Å². The summed E-state index contributed by atoms with van der Waals surface area (Å²) in [6.45, 7) is 3.59. The van der Waals surface area contributed by atoms with Crippen molar-refractivity contribution in [2.75, 3.05) is 31.1 Å². The van der Waals surface area contributed by atoms with E-state index in [0.29, 0.717) is 39.0 Å². The van der Waals surface area contributed by atoms with E-state index in [1.54, 1.807) is 14.7 Å². The lowest BCUT2D eigenvalue weighted by atomic mass is 9.74. The summed E-state index contributed by atoms with van der Waals surface area (Å²) in [5.74, 6) is -2.15. The first-order valence-electron chi connectivity index (χ1n) is 15.1. The van der Waals surface area contributed by atoms with E-state index in [9.17, 15) is 19.5 Å². The van der Waals surface area contributed by atoms with Crippen molar-refractivity contribution in [1.82, 2.24) is 9.80 Å². The molecule has 4 heterocycles. The van der Waals surface area contributed by atoms with Crippen molar-refractivity contribution in [2.24, 2.45) is 11.8 Å². The van der Waals surface area contributed by atoms with Crippen molar-refractivity contribution >= 4 is 23.4 Å². The van der Waals surface area contributed by atoms with Gasteiger partial charge < -0.3 is 24.5 Å². The number of unbranched alkanes of at least 4 members (excludes halogenated alkanes) is 3. The van der Waals surface area contributed by atoms with E-state index in [0.717, 1.165) is 24.1 Å². The molecule has 220 valence electrons. The number of rotatable bonds is 9. The van der Waals surface area contributed by atoms with Crippen LogP contribution in [0.4, 0.5) is 5.69 Å². The van der Waals surface area contributed by atoms with Crippen LogP contribution in [0.2, 0.25) is 0 Å². The van der Waals surface area contributed by atoms with Crippen LogP contribution in [-0.4, -0.2) is 76.1 Å². The molecule has 1 spiro atoms. The Morgan fingerprint density at radius 3 is 2.24 bits per heavy atom. The highest BCUT2D eigenvalue weighted by Crippen LogP contribution is 2.57. The van der Waals surface area contributed by atoms with E-state index in [2.05, 4.69) is 0 Å². The predicted octanol–water partition coefficient (Wildman–Crippen LogP) is 3.71. The van der Waals surface area contributed by atoms with Crippen LogP contribution in [0, 0.1) is 11.8 Å². The van der Waals surface area contributed by atoms with E-state index in [1.165, 1.54) is 0 Å². The molecule has 0 bridgehead atoms. The fourth-order valence-corrected chi connectivity index (χ4v) is 7.34. The minimum absolute atomic E-state index is 0.135. The maximum Gasteiger partial charge on any atom is 0.249 e. The molecule has 2 saturated heterocycles. The Hall–Kier alpha value is -3.75. The lowest BCUT2D eigenvalue weighted by Gasteiger charge is -2.37. The van der Waals surface area contributed by atoms with E-state index >= 15 is 0 Å². The average molecular weight is 570 g/mol. The van der Waals surface area contributed by atoms with Crippen molar-refractivity contribution in [2.45, 2.75) is 56.4 Å². The molecule has 1 unspecified atom stereocenters. The van der Waals surface area contributed by atoms with Gasteiger partial charge in [0.15, 0.2) is 0 Å². The number of aliphatic hydroxyl groups excluding tert-OH is 1. The molecule has 0 aromatic heterocycles. The molecule has 2 aromatic rings. The zero-order chi connectivity index (χ0) is 29.3. The molecule has 2 fully saturated rings. The quantitative estimate of drug-likeness (QED) is 0.367. The monoisotopic (exact) mass is 569 g/mol. The van der Waals surface area contributed by atoms with Crippen LogP contribution in [-0.2, 0) is 25.7 Å². The third kappa shape index (κ3) is 4.76. The predicted molar refractivity (Wildman–Crippen MR) is 159 cm³/mol. The molecule has 4 aliphatic heterocycles. The summed E-state index contributed by atoms with van der Waals surface area (Å²) in [5.41, 5.74) is -0.538. The van der Waals surface area contributed by atoms with Gasteiger partial charge in [-0.25, -0.2) is 0 Å². The number of carbonyl (C=O) groups is 3. The molecular weight excluding hydrogens is 530 g/mol. The molecule has 3 amide bonds. The van der Waals surface area contributed by atoms with Crippen LogP contribution in [0.5, 0.6) is 0 Å². The van der Waals surface area contributed by atoms with E-state index < -0.39 is 29.1 Å². The van der Waals surface area contributed by atoms with Crippen LogP contribution in [0.1, 0.15) is 38.2 Å². The maximum absolute atomic E-state index is 14.5. The highest BCUT2D eigenvalue weighted by atomic mass is 16.5. The number of hydrogen-bond acceptors (Lipinski definition) is 5. The van der Waals surface area contributed by atoms with Gasteiger partial charge in [-0.1, -0.05) is 85.7 Å². The fourth-order valence-electron chi connectivity index (χ4n) is 7.34. The average Bonchev–Trinajstić information content (AvgIpc) is 3.26. The fraction of sp³-hybridized carbons (Fsp3) is 0.441. The zero-order valence-corrected chi connectivity index (χ0v) is 24.1. The Labute approximate surface area is 247 Å². The second-order valence-corrected chi connectivity index (χ2v) is 12.0. The Bertz CT molecular complexity index is 1380. The second-order valence-electron chi connectivity index (χ2n) is 12.0. The molecular formula is C34H39N3O5. The third-order valence-electron chi connectivity index (χ3n) is 9.23. The van der Waals surface area contributed by atoms with Gasteiger partial charge in [0.1, 0.15) is 11.6 Å². The number of ether oxygens (including phenoxy) is 1. The summed E-state index contributed by atoms with van der Waals surface area (Å²) < 4.78 is 6.93. The molecule has 2 aromatic carbocycles. The lowest BCUT2D eigenvalue weighted by molar-refractivity contribution is -0.151. The van der Waals surface area contributed by atoms with Crippen molar-refractivity contribution < 1.29 is 24.2 Å². The minimum Gasteiger partial charge on any atom is -0.396 e. The number of amides is 3. The van der Waals surface area contributed by atoms with Gasteiger partial charge in [-0.2, -0.15) is 0 Å². The number of aliphatic hydroxyl groups is 1. The molecule has 0 saturated carbocycles. The Kier molecular flexibility index (Phi) is 7.77. The first kappa shape index (κ1) is 28.4. The maximum atomic E-state index is 14.5. The molecule has 8 heteroatoms. The molecule has 42 heavy (non-hydrogen) atoms. The number of likely N-dealkylation sites (tertiary alicyclic amines) is 1. The van der Waals surface area contributed by atoms with Gasteiger partial charge in [-0.05, 0) is 37.5 Å². The smallest absolute Gasteiger partial charge is 0.249 e. The molecule has 0 radical (unpaired) electrons. The SMILES string of the molecule is C[C@@]12C=CCN(c3ccccc3)C(=O)[C@@H]1[C@H]1C(=O)N(CCCCCCO)C3C(=O)N(Cc4ccccc4)CC=C[C@@]31O2. The summed E-state index contributed by atoms with van der Waals surface area (Å²) in [6.07, 6.45) is 10.8. The number of hydrogen-bond donors (Lipinski definition) is 1. The highest BCUT2D eigenvalue weighted by Gasteiger charge is 2.74. The summed E-state index contributed by atoms with van der Waals surface area (Å²) in [6, 6.07) is 18.5. The largest absolute Gasteiger partial charge is 0.396 e. The summed E-state index contributed by atoms with van der Waals surface area (Å²) in [4.78, 5) is 48.6. The number of nitrogens with zero attached hydrogens (tertiary/aromatic N) is 3. The summed E-state index contributed by atoms with van der Waals surface area (Å²) in [5, 5.41) is 9.20. The van der Waals surface area contributed by atoms with E-state index in [-0.39, 0.29) is 24.3 Å². The van der Waals surface area contributed by atoms with Gasteiger partial charge in [0.25, 0.3) is 0 Å². The number of fused-ring (bicyclic) bond motifs is 2. The van der Waals surface area contributed by atoms with Crippen molar-refractivity contribution in [3.05, 3.63) is 90.5 Å². The zero-order valence-electron chi connectivity index (χ0n) is 24.1. The van der Waals surface area contributed by atoms with Gasteiger partial charge in [0.2, 0.25) is 17.7 Å². The Morgan fingerprint density at radius 1 is 0.810 bits per heavy atom. The number of carbonyl (C=O) groups excluding carboxylic acids is 3. The van der Waals surface area contributed by atoms with Crippen molar-refractivity contribution in [3.63, 3.8) is 0 Å². The topological polar surface area (TPSA) is 90.4 Å². The Balaban J connectivity index is 1.39. The molecule has 0 aliphatic carbocycles. The molecule has 4 aliphatic rings. The van der Waals surface area contributed by atoms with E-state index in [1.807, 2.05) is 91.9 Å². The normalized spacial score (nSPS) is 30.3. The summed E-state index contributed by atoms with van der Waals surface area (Å²) >= 11 is 0. The van der Waals surface area contributed by atoms with Gasteiger partial charge in [0.05, 0.1) is 17.4 Å². The van der Waals surface area contributed by atoms with Crippen molar-refractivity contribution in [1.29, 1.82) is 0 Å². The third-order valence-corrected chi connectivity index (χ3v) is 9.23. The molecule has 1 N–H and O–H groups in total. The van der Waals surface area contributed by atoms with Gasteiger partial charge in [0, 0.05) is 38.5 Å². The van der Waals surface area contributed by atoms with Crippen LogP contribution in [0.3, 0.4) is 0 Å². The number of para-hydroxylation sites is 1. The highest BCUT2D eigenvalue weighted by molar-refractivity contribution is 6.04. The summed E-state index contributed by atoms with van der Waals surface area (Å²) in [7, 11) is 0. The standard InChI is InChI=1S/C34H39N3O5/c1-33-18-12-22-36(26-16-8-5-9-17-26)30(39)27(33)28-31(40)37(21-10-2-3-11-23-38)29-32(41)35(20-13-19-34(28,29)42-33)24-25-14-6-4-7-15-25/h4-9,12-19,27-29,38H,2-3,10-11,20-24H2,1H3/t27-,28-,29?,33+,34-/m0/s1. The minimum atomic E-state index is -1.26. The number of benzene rings is 2. The van der Waals surface area contributed by atoms with Crippen molar-refractivity contribution in [3.8, 4) is 0 Å². The van der Waals surface area contributed by atoms with Gasteiger partial charge in [-0.15, -0.1) is 0 Å². The molecule has 8 nitrogen and oxygen atoms in total. The van der Waals surface area contributed by atoms with Gasteiger partial charge >= 0.3 is 0 Å². The van der Waals surface area contributed by atoms with Gasteiger partial charge in [-0.3, -0.25) is 14.4 Å². The van der Waals surface area contributed by atoms with Crippen LogP contribution >= 0.6 is 0 Å². The molecule has 5 atom stereocenters. The number of anilines is 1. The first-order valence-corrected chi connectivity index (χ1v) is 15.1. The van der Waals surface area contributed by atoms with Crippen LogP contribution in [0.15, 0.2) is 85.0 Å². The lowest BCUT2D eigenvalue weighted by Crippen LogP contribution is -2.55. The molecule has 6 rings (SSSR count).